The molecule has 0 unspecified atom stereocenters. The van der Waals surface area contributed by atoms with Crippen LogP contribution in [-0.4, -0.2) is 37.5 Å². The molecule has 0 saturated heterocycles. The molecule has 0 bridgehead atoms. The second kappa shape index (κ2) is 9.64. The summed E-state index contributed by atoms with van der Waals surface area (Å²) in [6.45, 7) is 6.24. The molecule has 0 aromatic rings. The Kier molecular flexibility index (Phi) is 8.02. The van der Waals surface area contributed by atoms with E-state index in [0.717, 1.165) is 25.5 Å². The third-order valence-corrected chi connectivity index (χ3v) is 3.22. The van der Waals surface area contributed by atoms with E-state index in [1.54, 1.807) is 0 Å². The molecule has 0 spiro atoms. The minimum absolute atomic E-state index is 0.0855. The molecule has 1 rings (SSSR count). The summed E-state index contributed by atoms with van der Waals surface area (Å²) >= 11 is 0. The second-order valence-electron chi connectivity index (χ2n) is 4.99. The lowest BCUT2D eigenvalue weighted by atomic mass is 10.2. The fraction of sp³-hybridized carbons (Fsp3) is 0.857. The van der Waals surface area contributed by atoms with Gasteiger partial charge in [0.05, 0.1) is 6.54 Å². The van der Waals surface area contributed by atoms with Crippen LogP contribution in [0.1, 0.15) is 52.4 Å². The van der Waals surface area contributed by atoms with Crippen LogP contribution < -0.4 is 16.0 Å². The van der Waals surface area contributed by atoms with Gasteiger partial charge in [-0.05, 0) is 26.2 Å². The van der Waals surface area contributed by atoms with Crippen LogP contribution in [0.3, 0.4) is 0 Å². The number of nitrogens with zero attached hydrogens (tertiary/aromatic N) is 1. The minimum Gasteiger partial charge on any atom is -0.357 e. The highest BCUT2D eigenvalue weighted by molar-refractivity contribution is 5.81. The molecular formula is C14H28N4O. The van der Waals surface area contributed by atoms with Crippen LogP contribution in [0, 0.1) is 0 Å². The van der Waals surface area contributed by atoms with Crippen molar-refractivity contribution in [1.82, 2.24) is 16.0 Å². The number of hydrogen-bond acceptors (Lipinski definition) is 2. The predicted octanol–water partition coefficient (Wildman–Crippen LogP) is 1.40. The van der Waals surface area contributed by atoms with E-state index >= 15 is 0 Å². The Hall–Kier alpha value is -1.26. The van der Waals surface area contributed by atoms with Gasteiger partial charge in [0.2, 0.25) is 5.91 Å². The predicted molar refractivity (Wildman–Crippen MR) is 79.3 cm³/mol. The monoisotopic (exact) mass is 268 g/mol. The number of nitrogens with one attached hydrogen (secondary N) is 3. The van der Waals surface area contributed by atoms with Crippen LogP contribution in [0.5, 0.6) is 0 Å². The van der Waals surface area contributed by atoms with Gasteiger partial charge in [0, 0.05) is 25.6 Å². The number of carbonyl (C=O) groups is 1. The average molecular weight is 268 g/mol. The largest absolute Gasteiger partial charge is 0.357 e. The van der Waals surface area contributed by atoms with Crippen molar-refractivity contribution in [3.8, 4) is 0 Å². The van der Waals surface area contributed by atoms with E-state index in [0.29, 0.717) is 19.0 Å². The number of amides is 1. The van der Waals surface area contributed by atoms with Crippen molar-refractivity contribution in [3.63, 3.8) is 0 Å². The molecule has 0 aliphatic heterocycles. The molecule has 1 aliphatic rings. The summed E-state index contributed by atoms with van der Waals surface area (Å²) in [6, 6.07) is 0.548. The molecule has 3 N–H and O–H groups in total. The van der Waals surface area contributed by atoms with E-state index < -0.39 is 0 Å². The summed E-state index contributed by atoms with van der Waals surface area (Å²) in [5.74, 6) is 0.931. The first-order chi connectivity index (χ1) is 9.26. The normalized spacial score (nSPS) is 16.4. The summed E-state index contributed by atoms with van der Waals surface area (Å²) in [6.07, 6.45) is 6.48. The van der Waals surface area contributed by atoms with E-state index in [-0.39, 0.29) is 5.91 Å². The summed E-state index contributed by atoms with van der Waals surface area (Å²) in [5.41, 5.74) is 0. The summed E-state index contributed by atoms with van der Waals surface area (Å²) in [7, 11) is 0. The summed E-state index contributed by atoms with van der Waals surface area (Å²) in [5, 5.41) is 9.54. The molecule has 1 saturated carbocycles. The van der Waals surface area contributed by atoms with Crippen LogP contribution in [0.2, 0.25) is 0 Å². The van der Waals surface area contributed by atoms with Crippen molar-refractivity contribution >= 4 is 11.9 Å². The number of hydrogen-bond donors (Lipinski definition) is 3. The Balaban J connectivity index is 2.28. The van der Waals surface area contributed by atoms with Crippen molar-refractivity contribution in [1.29, 1.82) is 0 Å². The lowest BCUT2D eigenvalue weighted by Crippen LogP contribution is -2.42. The van der Waals surface area contributed by atoms with Crippen molar-refractivity contribution < 1.29 is 4.79 Å². The van der Waals surface area contributed by atoms with Crippen LogP contribution in [0.4, 0.5) is 0 Å². The van der Waals surface area contributed by atoms with E-state index in [9.17, 15) is 4.79 Å². The standard InChI is InChI=1S/C14H28N4O/c1-3-10-16-13(19)9-11-17-14(15-4-2)18-12-7-5-6-8-12/h12H,3-11H2,1-2H3,(H,16,19)(H2,15,17,18). The molecular weight excluding hydrogens is 240 g/mol. The third kappa shape index (κ3) is 7.03. The van der Waals surface area contributed by atoms with Gasteiger partial charge in [0.15, 0.2) is 5.96 Å². The average Bonchev–Trinajstić information content (AvgIpc) is 2.89. The topological polar surface area (TPSA) is 65.5 Å². The zero-order valence-corrected chi connectivity index (χ0v) is 12.3. The highest BCUT2D eigenvalue weighted by atomic mass is 16.1. The molecule has 110 valence electrons. The van der Waals surface area contributed by atoms with Crippen LogP contribution >= 0.6 is 0 Å². The maximum absolute atomic E-state index is 11.5. The smallest absolute Gasteiger partial charge is 0.221 e. The fourth-order valence-corrected chi connectivity index (χ4v) is 2.21. The number of guanidine groups is 1. The van der Waals surface area contributed by atoms with Gasteiger partial charge in [0.25, 0.3) is 0 Å². The van der Waals surface area contributed by atoms with Crippen LogP contribution in [0.15, 0.2) is 4.99 Å². The van der Waals surface area contributed by atoms with E-state index in [2.05, 4.69) is 27.9 Å². The highest BCUT2D eigenvalue weighted by Crippen LogP contribution is 2.17. The number of aliphatic imine (C=N–C) groups is 1. The van der Waals surface area contributed by atoms with Gasteiger partial charge in [-0.2, -0.15) is 0 Å². The molecule has 0 aromatic carbocycles. The maximum Gasteiger partial charge on any atom is 0.221 e. The van der Waals surface area contributed by atoms with E-state index in [1.165, 1.54) is 25.7 Å². The first-order valence-electron chi connectivity index (χ1n) is 7.57. The quantitative estimate of drug-likeness (QED) is 0.483. The highest BCUT2D eigenvalue weighted by Gasteiger charge is 2.15. The Morgan fingerprint density at radius 1 is 1.21 bits per heavy atom. The van der Waals surface area contributed by atoms with Crippen LogP contribution in [0.25, 0.3) is 0 Å². The van der Waals surface area contributed by atoms with Gasteiger partial charge in [-0.25, -0.2) is 0 Å². The van der Waals surface area contributed by atoms with Gasteiger partial charge < -0.3 is 16.0 Å². The molecule has 0 heterocycles. The molecule has 0 radical (unpaired) electrons. The Bertz CT molecular complexity index is 285. The lowest BCUT2D eigenvalue weighted by Gasteiger charge is -2.16. The van der Waals surface area contributed by atoms with Crippen LogP contribution in [-0.2, 0) is 4.79 Å². The summed E-state index contributed by atoms with van der Waals surface area (Å²) in [4.78, 5) is 15.9. The Morgan fingerprint density at radius 2 is 1.95 bits per heavy atom. The molecule has 0 aromatic heterocycles. The number of rotatable bonds is 7. The summed E-state index contributed by atoms with van der Waals surface area (Å²) < 4.78 is 0. The van der Waals surface area contributed by atoms with Crippen molar-refractivity contribution in [3.05, 3.63) is 0 Å². The van der Waals surface area contributed by atoms with Gasteiger partial charge >= 0.3 is 0 Å². The van der Waals surface area contributed by atoms with Crippen molar-refractivity contribution in [2.45, 2.75) is 58.4 Å². The SMILES string of the molecule is CCCNC(=O)CCN=C(NCC)NC1CCCC1. The zero-order chi connectivity index (χ0) is 13.9. The molecule has 1 amide bonds. The van der Waals surface area contributed by atoms with Crippen molar-refractivity contribution in [2.24, 2.45) is 4.99 Å². The molecule has 1 fully saturated rings. The molecule has 5 heteroatoms. The van der Waals surface area contributed by atoms with Gasteiger partial charge in [-0.1, -0.05) is 19.8 Å². The zero-order valence-electron chi connectivity index (χ0n) is 12.3. The maximum atomic E-state index is 11.5. The second-order valence-corrected chi connectivity index (χ2v) is 4.99. The van der Waals surface area contributed by atoms with Gasteiger partial charge in [-0.15, -0.1) is 0 Å². The van der Waals surface area contributed by atoms with Gasteiger partial charge in [0.1, 0.15) is 0 Å². The molecule has 5 nitrogen and oxygen atoms in total. The van der Waals surface area contributed by atoms with Crippen molar-refractivity contribution in [2.75, 3.05) is 19.6 Å². The minimum atomic E-state index is 0.0855. The third-order valence-electron chi connectivity index (χ3n) is 3.22. The molecule has 1 aliphatic carbocycles. The number of carbonyl (C=O) groups excluding carboxylic acids is 1. The molecule has 19 heavy (non-hydrogen) atoms. The van der Waals surface area contributed by atoms with E-state index in [1.807, 2.05) is 6.92 Å². The first kappa shape index (κ1) is 15.8. The molecule has 0 atom stereocenters. The fourth-order valence-electron chi connectivity index (χ4n) is 2.21. The first-order valence-corrected chi connectivity index (χ1v) is 7.57. The van der Waals surface area contributed by atoms with Gasteiger partial charge in [-0.3, -0.25) is 9.79 Å². The Morgan fingerprint density at radius 3 is 2.58 bits per heavy atom. The lowest BCUT2D eigenvalue weighted by molar-refractivity contribution is -0.120. The Labute approximate surface area is 116 Å². The van der Waals surface area contributed by atoms with E-state index in [4.69, 9.17) is 0 Å².